The minimum atomic E-state index is -4.60. The van der Waals surface area contributed by atoms with E-state index in [0.717, 1.165) is 44.9 Å². The molecule has 352 valence electrons. The lowest BCUT2D eigenvalue weighted by molar-refractivity contribution is -0.870. The van der Waals surface area contributed by atoms with Crippen molar-refractivity contribution in [3.05, 3.63) is 48.6 Å². The molecule has 0 saturated carbocycles. The molecule has 0 spiro atoms. The standard InChI is InChI=1S/C51H97N2O6P/c1-6-8-10-12-14-16-18-20-22-24-26-28-30-32-34-36-38-40-42-44-50(54)49(48-59-60(56,57)58-47-46-53(3,4)5)52-51(55)45-43-41-39-37-35-33-31-29-27-25-23-21-19-17-15-13-11-9-7-2/h25-28,34,36,42,44,49-50,54H,6-24,29-33,35,37-41,43,45-48H2,1-5H3,(H-,52,55,56,57)/b27-25-,28-26+,36-34+,44-42+. The Kier molecular flexibility index (Phi) is 41.6. The average molecular weight is 865 g/mol. The molecule has 0 radical (unpaired) electrons. The third kappa shape index (κ3) is 44.5. The maximum atomic E-state index is 12.9. The predicted octanol–water partition coefficient (Wildman–Crippen LogP) is 13.8. The molecule has 0 saturated heterocycles. The molecule has 3 unspecified atom stereocenters. The van der Waals surface area contributed by atoms with Crippen LogP contribution in [0.2, 0.25) is 0 Å². The van der Waals surface area contributed by atoms with E-state index < -0.39 is 26.6 Å². The Morgan fingerprint density at radius 2 is 0.933 bits per heavy atom. The first kappa shape index (κ1) is 58.5. The number of hydrogen-bond acceptors (Lipinski definition) is 6. The number of nitrogens with one attached hydrogen (secondary N) is 1. The van der Waals surface area contributed by atoms with Crippen LogP contribution in [0.1, 0.15) is 219 Å². The van der Waals surface area contributed by atoms with Gasteiger partial charge in [-0.3, -0.25) is 9.36 Å². The van der Waals surface area contributed by atoms with Crippen molar-refractivity contribution in [1.29, 1.82) is 0 Å². The van der Waals surface area contributed by atoms with Crippen LogP contribution in [-0.2, 0) is 18.4 Å². The zero-order valence-corrected chi connectivity index (χ0v) is 40.8. The summed E-state index contributed by atoms with van der Waals surface area (Å²) in [7, 11) is 1.23. The van der Waals surface area contributed by atoms with Crippen molar-refractivity contribution >= 4 is 13.7 Å². The molecule has 0 aromatic carbocycles. The molecule has 0 heterocycles. The van der Waals surface area contributed by atoms with Gasteiger partial charge in [-0.2, -0.15) is 0 Å². The van der Waals surface area contributed by atoms with Crippen LogP contribution in [0.25, 0.3) is 0 Å². The minimum Gasteiger partial charge on any atom is -0.756 e. The monoisotopic (exact) mass is 865 g/mol. The third-order valence-corrected chi connectivity index (χ3v) is 12.0. The number of amides is 1. The summed E-state index contributed by atoms with van der Waals surface area (Å²) in [4.78, 5) is 25.4. The van der Waals surface area contributed by atoms with Gasteiger partial charge >= 0.3 is 0 Å². The van der Waals surface area contributed by atoms with E-state index in [1.165, 1.54) is 154 Å². The summed E-state index contributed by atoms with van der Waals surface area (Å²) in [5.74, 6) is -0.216. The fraction of sp³-hybridized carbons (Fsp3) is 0.824. The van der Waals surface area contributed by atoms with Gasteiger partial charge in [0.25, 0.3) is 7.82 Å². The lowest BCUT2D eigenvalue weighted by atomic mass is 10.1. The van der Waals surface area contributed by atoms with Crippen molar-refractivity contribution in [1.82, 2.24) is 5.32 Å². The molecule has 0 rings (SSSR count). The van der Waals surface area contributed by atoms with Crippen LogP contribution in [0.15, 0.2) is 48.6 Å². The first-order valence-electron chi connectivity index (χ1n) is 25.0. The number of likely N-dealkylation sites (N-methyl/N-ethyl adjacent to an activating group) is 1. The van der Waals surface area contributed by atoms with E-state index >= 15 is 0 Å². The maximum absolute atomic E-state index is 12.9. The SMILES string of the molecule is CCCCCCCCCC/C=C\CCCCCCCCCC(=O)NC(COP(=O)([O-])OCC[N+](C)(C)C)C(O)/C=C/CC/C=C/CC/C=C/CCCCCCCCCCC. The van der Waals surface area contributed by atoms with Gasteiger partial charge in [-0.15, -0.1) is 0 Å². The second-order valence-electron chi connectivity index (χ2n) is 18.1. The van der Waals surface area contributed by atoms with E-state index in [1.807, 2.05) is 27.2 Å². The van der Waals surface area contributed by atoms with Gasteiger partial charge in [0.15, 0.2) is 0 Å². The molecule has 0 aromatic rings. The molecule has 0 aliphatic rings. The summed E-state index contributed by atoms with van der Waals surface area (Å²) in [5, 5.41) is 13.8. The molecular weight excluding hydrogens is 768 g/mol. The topological polar surface area (TPSA) is 108 Å². The number of unbranched alkanes of at least 4 members (excludes halogenated alkanes) is 26. The maximum Gasteiger partial charge on any atom is 0.268 e. The molecule has 3 atom stereocenters. The Labute approximate surface area is 371 Å². The second kappa shape index (κ2) is 42.7. The first-order chi connectivity index (χ1) is 29.0. The van der Waals surface area contributed by atoms with Gasteiger partial charge < -0.3 is 28.8 Å². The van der Waals surface area contributed by atoms with Crippen molar-refractivity contribution in [2.24, 2.45) is 0 Å². The lowest BCUT2D eigenvalue weighted by Crippen LogP contribution is -2.45. The van der Waals surface area contributed by atoms with E-state index in [1.54, 1.807) is 6.08 Å². The highest BCUT2D eigenvalue weighted by molar-refractivity contribution is 7.45. The van der Waals surface area contributed by atoms with Crippen LogP contribution >= 0.6 is 7.82 Å². The van der Waals surface area contributed by atoms with Crippen molar-refractivity contribution in [2.75, 3.05) is 40.9 Å². The smallest absolute Gasteiger partial charge is 0.268 e. The van der Waals surface area contributed by atoms with E-state index in [2.05, 4.69) is 55.6 Å². The minimum absolute atomic E-state index is 0.0105. The van der Waals surface area contributed by atoms with Crippen LogP contribution in [0.3, 0.4) is 0 Å². The van der Waals surface area contributed by atoms with Gasteiger partial charge in [0, 0.05) is 6.42 Å². The summed E-state index contributed by atoms with van der Waals surface area (Å²) in [6.07, 6.45) is 54.5. The molecule has 0 aromatic heterocycles. The van der Waals surface area contributed by atoms with Crippen molar-refractivity contribution < 1.29 is 32.9 Å². The quantitative estimate of drug-likeness (QED) is 0.0273. The van der Waals surface area contributed by atoms with Gasteiger partial charge in [0.05, 0.1) is 39.9 Å². The molecule has 1 amide bonds. The molecular formula is C51H97N2O6P. The Hall–Kier alpha value is -1.54. The number of aliphatic hydroxyl groups excluding tert-OH is 1. The fourth-order valence-electron chi connectivity index (χ4n) is 7.00. The Bertz CT molecular complexity index is 1120. The van der Waals surface area contributed by atoms with Crippen molar-refractivity contribution in [3.8, 4) is 0 Å². The predicted molar refractivity (Wildman–Crippen MR) is 256 cm³/mol. The first-order valence-corrected chi connectivity index (χ1v) is 26.5. The van der Waals surface area contributed by atoms with Gasteiger partial charge in [-0.05, 0) is 70.6 Å². The zero-order chi connectivity index (χ0) is 44.3. The Morgan fingerprint density at radius 3 is 1.35 bits per heavy atom. The summed E-state index contributed by atoms with van der Waals surface area (Å²) >= 11 is 0. The van der Waals surface area contributed by atoms with Crippen molar-refractivity contribution in [2.45, 2.75) is 231 Å². The molecule has 0 aliphatic carbocycles. The van der Waals surface area contributed by atoms with Crippen LogP contribution < -0.4 is 10.2 Å². The normalized spacial score (nSPS) is 14.6. The second-order valence-corrected chi connectivity index (χ2v) is 19.6. The summed E-state index contributed by atoms with van der Waals surface area (Å²) in [5.41, 5.74) is 0. The zero-order valence-electron chi connectivity index (χ0n) is 39.9. The lowest BCUT2D eigenvalue weighted by Gasteiger charge is -2.29. The van der Waals surface area contributed by atoms with Crippen LogP contribution in [0.5, 0.6) is 0 Å². The molecule has 8 nitrogen and oxygen atoms in total. The number of hydrogen-bond donors (Lipinski definition) is 2. The highest BCUT2D eigenvalue weighted by atomic mass is 31.2. The molecule has 2 N–H and O–H groups in total. The van der Waals surface area contributed by atoms with Gasteiger partial charge in [-0.1, -0.05) is 191 Å². The molecule has 9 heteroatoms. The number of carbonyl (C=O) groups excluding carboxylic acids is 1. The van der Waals surface area contributed by atoms with Crippen molar-refractivity contribution in [3.63, 3.8) is 0 Å². The van der Waals surface area contributed by atoms with Crippen LogP contribution in [0, 0.1) is 0 Å². The average Bonchev–Trinajstić information content (AvgIpc) is 3.20. The largest absolute Gasteiger partial charge is 0.756 e. The van der Waals surface area contributed by atoms with E-state index in [0.29, 0.717) is 17.4 Å². The molecule has 0 bridgehead atoms. The van der Waals surface area contributed by atoms with Crippen LogP contribution in [0.4, 0.5) is 0 Å². The molecule has 0 aliphatic heterocycles. The van der Waals surface area contributed by atoms with Gasteiger partial charge in [0.1, 0.15) is 13.2 Å². The summed E-state index contributed by atoms with van der Waals surface area (Å²) in [6, 6.07) is -0.912. The Morgan fingerprint density at radius 1 is 0.567 bits per heavy atom. The third-order valence-electron chi connectivity index (χ3n) is 11.0. The summed E-state index contributed by atoms with van der Waals surface area (Å²) in [6.45, 7) is 4.62. The number of nitrogens with zero attached hydrogens (tertiary/aromatic N) is 1. The number of aliphatic hydroxyl groups is 1. The fourth-order valence-corrected chi connectivity index (χ4v) is 7.73. The number of carbonyl (C=O) groups is 1. The van der Waals surface area contributed by atoms with Gasteiger partial charge in [0.2, 0.25) is 5.91 Å². The van der Waals surface area contributed by atoms with E-state index in [-0.39, 0.29) is 12.5 Å². The number of phosphoric ester groups is 1. The van der Waals surface area contributed by atoms with Gasteiger partial charge in [-0.25, -0.2) is 0 Å². The number of allylic oxidation sites excluding steroid dienone is 7. The number of rotatable bonds is 45. The van der Waals surface area contributed by atoms with Crippen LogP contribution in [-0.4, -0.2) is 68.5 Å². The van der Waals surface area contributed by atoms with E-state index in [4.69, 9.17) is 9.05 Å². The van der Waals surface area contributed by atoms with E-state index in [9.17, 15) is 19.4 Å². The Balaban J connectivity index is 4.42. The molecule has 60 heavy (non-hydrogen) atoms. The highest BCUT2D eigenvalue weighted by Crippen LogP contribution is 2.38. The molecule has 0 fully saturated rings. The highest BCUT2D eigenvalue weighted by Gasteiger charge is 2.23. The summed E-state index contributed by atoms with van der Waals surface area (Å²) < 4.78 is 23.2. The number of phosphoric acid groups is 1. The number of quaternary nitrogens is 1.